The van der Waals surface area contributed by atoms with Crippen molar-refractivity contribution >= 4 is 16.8 Å². The van der Waals surface area contributed by atoms with Gasteiger partial charge < -0.3 is 10.3 Å². The van der Waals surface area contributed by atoms with E-state index >= 15 is 0 Å². The van der Waals surface area contributed by atoms with Crippen LogP contribution in [0.1, 0.15) is 33.8 Å². The largest absolute Gasteiger partial charge is 0.352 e. The molecule has 1 amide bonds. The number of pyridine rings is 1. The molecule has 0 saturated carbocycles. The molecule has 4 rings (SSSR count). The standard InChI is InChI=1S/C25H22N2O2/c28-24(22-17-20-13-7-8-14-23(20)27-25(22)29)26-16-15-21(18-9-3-1-4-10-18)19-11-5-2-6-12-19/h1-14,17,21H,15-16H2,(H,26,28)(H,27,29). The maximum atomic E-state index is 12.6. The van der Waals surface area contributed by atoms with Gasteiger partial charge in [-0.3, -0.25) is 9.59 Å². The summed E-state index contributed by atoms with van der Waals surface area (Å²) in [5, 5.41) is 3.75. The molecule has 2 N–H and O–H groups in total. The summed E-state index contributed by atoms with van der Waals surface area (Å²) in [4.78, 5) is 27.7. The number of hydrogen-bond acceptors (Lipinski definition) is 2. The lowest BCUT2D eigenvalue weighted by molar-refractivity contribution is 0.0951. The van der Waals surface area contributed by atoms with E-state index in [1.54, 1.807) is 6.07 Å². The molecule has 0 atom stereocenters. The Morgan fingerprint density at radius 2 is 1.41 bits per heavy atom. The van der Waals surface area contributed by atoms with Crippen molar-refractivity contribution in [2.75, 3.05) is 6.54 Å². The number of hydrogen-bond donors (Lipinski definition) is 2. The average molecular weight is 382 g/mol. The zero-order chi connectivity index (χ0) is 20.1. The van der Waals surface area contributed by atoms with Crippen molar-refractivity contribution < 1.29 is 4.79 Å². The Hall–Kier alpha value is -3.66. The van der Waals surface area contributed by atoms with E-state index in [-0.39, 0.29) is 22.9 Å². The van der Waals surface area contributed by atoms with E-state index in [0.29, 0.717) is 6.54 Å². The fourth-order valence-electron chi connectivity index (χ4n) is 3.64. The number of carbonyl (C=O) groups excluding carboxylic acids is 1. The third-order valence-corrected chi connectivity index (χ3v) is 5.12. The van der Waals surface area contributed by atoms with E-state index in [4.69, 9.17) is 0 Å². The minimum atomic E-state index is -0.371. The fraction of sp³-hybridized carbons (Fsp3) is 0.120. The SMILES string of the molecule is O=C(NCCC(c1ccccc1)c1ccccc1)c1cc2ccccc2[nH]c1=O. The third kappa shape index (κ3) is 4.27. The van der Waals surface area contributed by atoms with Crippen LogP contribution in [0.25, 0.3) is 10.9 Å². The summed E-state index contributed by atoms with van der Waals surface area (Å²) in [7, 11) is 0. The monoisotopic (exact) mass is 382 g/mol. The third-order valence-electron chi connectivity index (χ3n) is 5.12. The number of benzene rings is 3. The molecule has 0 aliphatic heterocycles. The van der Waals surface area contributed by atoms with Gasteiger partial charge in [-0.05, 0) is 35.1 Å². The van der Waals surface area contributed by atoms with Crippen LogP contribution in [0.2, 0.25) is 0 Å². The molecular weight excluding hydrogens is 360 g/mol. The molecule has 1 heterocycles. The summed E-state index contributed by atoms with van der Waals surface area (Å²) in [5.41, 5.74) is 2.90. The molecule has 0 unspecified atom stereocenters. The predicted molar refractivity (Wildman–Crippen MR) is 116 cm³/mol. The Balaban J connectivity index is 1.50. The molecule has 0 aliphatic rings. The van der Waals surface area contributed by atoms with Crippen molar-refractivity contribution in [1.29, 1.82) is 0 Å². The highest BCUT2D eigenvalue weighted by atomic mass is 16.2. The summed E-state index contributed by atoms with van der Waals surface area (Å²) in [6.45, 7) is 0.472. The first-order valence-corrected chi connectivity index (χ1v) is 9.72. The van der Waals surface area contributed by atoms with Gasteiger partial charge in [-0.2, -0.15) is 0 Å². The van der Waals surface area contributed by atoms with Crippen molar-refractivity contribution in [1.82, 2.24) is 10.3 Å². The van der Waals surface area contributed by atoms with Gasteiger partial charge in [0.05, 0.1) is 0 Å². The van der Waals surface area contributed by atoms with Crippen LogP contribution < -0.4 is 10.9 Å². The first kappa shape index (κ1) is 18.7. The van der Waals surface area contributed by atoms with Gasteiger partial charge in [0.1, 0.15) is 5.56 Å². The van der Waals surface area contributed by atoms with E-state index < -0.39 is 0 Å². The minimum absolute atomic E-state index is 0.139. The second-order valence-corrected chi connectivity index (χ2v) is 7.02. The Labute approximate surface area is 169 Å². The van der Waals surface area contributed by atoms with Crippen molar-refractivity contribution in [3.05, 3.63) is 118 Å². The maximum Gasteiger partial charge on any atom is 0.261 e. The summed E-state index contributed by atoms with van der Waals surface area (Å²) in [5.74, 6) is -0.176. The van der Waals surface area contributed by atoms with Crippen LogP contribution in [0.4, 0.5) is 0 Å². The highest BCUT2D eigenvalue weighted by Crippen LogP contribution is 2.27. The molecule has 0 spiro atoms. The molecule has 0 fully saturated rings. The van der Waals surface area contributed by atoms with Crippen molar-refractivity contribution in [3.63, 3.8) is 0 Å². The van der Waals surface area contributed by atoms with Crippen molar-refractivity contribution in [2.45, 2.75) is 12.3 Å². The lowest BCUT2D eigenvalue weighted by atomic mass is 9.88. The molecule has 144 valence electrons. The topological polar surface area (TPSA) is 62.0 Å². The zero-order valence-corrected chi connectivity index (χ0v) is 16.0. The molecule has 0 radical (unpaired) electrons. The van der Waals surface area contributed by atoms with E-state index in [1.807, 2.05) is 60.7 Å². The zero-order valence-electron chi connectivity index (χ0n) is 16.0. The fourth-order valence-corrected chi connectivity index (χ4v) is 3.64. The smallest absolute Gasteiger partial charge is 0.261 e. The Morgan fingerprint density at radius 1 is 0.828 bits per heavy atom. The Morgan fingerprint density at radius 3 is 2.07 bits per heavy atom. The quantitative estimate of drug-likeness (QED) is 0.516. The number of fused-ring (bicyclic) bond motifs is 1. The molecule has 0 aliphatic carbocycles. The number of para-hydroxylation sites is 1. The normalized spacial score (nSPS) is 10.9. The van der Waals surface area contributed by atoms with Crippen LogP contribution in [0.15, 0.2) is 95.8 Å². The van der Waals surface area contributed by atoms with Crippen LogP contribution in [-0.4, -0.2) is 17.4 Å². The van der Waals surface area contributed by atoms with Crippen LogP contribution in [-0.2, 0) is 0 Å². The predicted octanol–water partition coefficient (Wildman–Crippen LogP) is 4.48. The van der Waals surface area contributed by atoms with Gasteiger partial charge in [-0.15, -0.1) is 0 Å². The molecule has 0 saturated heterocycles. The second kappa shape index (κ2) is 8.57. The number of amides is 1. The van der Waals surface area contributed by atoms with Gasteiger partial charge >= 0.3 is 0 Å². The number of aromatic nitrogens is 1. The number of aromatic amines is 1. The lowest BCUT2D eigenvalue weighted by Crippen LogP contribution is -2.31. The number of rotatable bonds is 6. The second-order valence-electron chi connectivity index (χ2n) is 7.02. The summed E-state index contributed by atoms with van der Waals surface area (Å²) >= 11 is 0. The van der Waals surface area contributed by atoms with Crippen molar-refractivity contribution in [2.24, 2.45) is 0 Å². The van der Waals surface area contributed by atoms with Gasteiger partial charge in [-0.1, -0.05) is 78.9 Å². The number of nitrogens with one attached hydrogen (secondary N) is 2. The van der Waals surface area contributed by atoms with Crippen molar-refractivity contribution in [3.8, 4) is 0 Å². The first-order valence-electron chi connectivity index (χ1n) is 9.72. The van der Waals surface area contributed by atoms with Gasteiger partial charge in [-0.25, -0.2) is 0 Å². The Bertz CT molecular complexity index is 1130. The van der Waals surface area contributed by atoms with Crippen LogP contribution in [0.5, 0.6) is 0 Å². The van der Waals surface area contributed by atoms with Gasteiger partial charge in [0, 0.05) is 18.0 Å². The summed E-state index contributed by atoms with van der Waals surface area (Å²) in [6, 6.07) is 29.6. The first-order chi connectivity index (χ1) is 14.2. The minimum Gasteiger partial charge on any atom is -0.352 e. The maximum absolute atomic E-state index is 12.6. The summed E-state index contributed by atoms with van der Waals surface area (Å²) in [6.07, 6.45) is 0.741. The van der Waals surface area contributed by atoms with Gasteiger partial charge in [0.2, 0.25) is 0 Å². The lowest BCUT2D eigenvalue weighted by Gasteiger charge is -2.18. The molecule has 3 aromatic carbocycles. The molecule has 1 aromatic heterocycles. The molecule has 0 bridgehead atoms. The van der Waals surface area contributed by atoms with Crippen LogP contribution in [0.3, 0.4) is 0 Å². The number of carbonyl (C=O) groups is 1. The van der Waals surface area contributed by atoms with Crippen LogP contribution in [0, 0.1) is 0 Å². The van der Waals surface area contributed by atoms with E-state index in [9.17, 15) is 9.59 Å². The molecule has 4 nitrogen and oxygen atoms in total. The highest BCUT2D eigenvalue weighted by Gasteiger charge is 2.16. The van der Waals surface area contributed by atoms with Gasteiger partial charge in [0.15, 0.2) is 0 Å². The number of H-pyrrole nitrogens is 1. The highest BCUT2D eigenvalue weighted by molar-refractivity contribution is 5.97. The molecule has 4 heteroatoms. The Kier molecular flexibility index (Phi) is 5.52. The molecular formula is C25H22N2O2. The average Bonchev–Trinajstić information content (AvgIpc) is 2.77. The molecule has 4 aromatic rings. The van der Waals surface area contributed by atoms with E-state index in [1.165, 1.54) is 11.1 Å². The van der Waals surface area contributed by atoms with Crippen LogP contribution >= 0.6 is 0 Å². The van der Waals surface area contributed by atoms with Gasteiger partial charge in [0.25, 0.3) is 11.5 Å². The van der Waals surface area contributed by atoms with E-state index in [2.05, 4.69) is 34.6 Å². The summed E-state index contributed by atoms with van der Waals surface area (Å²) < 4.78 is 0. The van der Waals surface area contributed by atoms with E-state index in [0.717, 1.165) is 17.3 Å². The molecule has 29 heavy (non-hydrogen) atoms.